The molecule has 0 saturated carbocycles. The molecule has 0 fully saturated rings. The van der Waals surface area contributed by atoms with Crippen LogP contribution in [0.2, 0.25) is 5.02 Å². The third-order valence-electron chi connectivity index (χ3n) is 2.37. The van der Waals surface area contributed by atoms with Crippen LogP contribution in [-0.4, -0.2) is 26.0 Å². The monoisotopic (exact) mass is 332 g/mol. The number of rotatable bonds is 4. The quantitative estimate of drug-likeness (QED) is 0.393. The fourth-order valence-electron chi connectivity index (χ4n) is 1.18. The number of sulfone groups is 1. The van der Waals surface area contributed by atoms with Gasteiger partial charge in [0.25, 0.3) is 0 Å². The van der Waals surface area contributed by atoms with E-state index in [0.717, 1.165) is 0 Å². The number of hydrogen-bond donors (Lipinski definition) is 1. The largest absolute Gasteiger partial charge is 0.384 e. The smallest absolute Gasteiger partial charge is 0.340 e. The average Bonchev–Trinajstić information content (AvgIpc) is 2.34. The highest BCUT2D eigenvalue weighted by atomic mass is 35.5. The standard InChI is InChI=1S/C13H17ClN2O4S/c1-13(2,3)12(17)20-16-11(15)8-21(18,19)10-6-4-9(14)5-7-10/h4-7H,8H2,1-3H3,(H2,15,16). The molecule has 6 nitrogen and oxygen atoms in total. The van der Waals surface area contributed by atoms with Crippen molar-refractivity contribution in [2.45, 2.75) is 25.7 Å². The van der Waals surface area contributed by atoms with Gasteiger partial charge in [-0.05, 0) is 45.0 Å². The van der Waals surface area contributed by atoms with Crippen molar-refractivity contribution < 1.29 is 18.0 Å². The highest BCUT2D eigenvalue weighted by Gasteiger charge is 2.24. The van der Waals surface area contributed by atoms with Crippen molar-refractivity contribution in [3.63, 3.8) is 0 Å². The van der Waals surface area contributed by atoms with Crippen molar-refractivity contribution in [1.29, 1.82) is 0 Å². The number of benzene rings is 1. The SMILES string of the molecule is CC(C)(C)C(=O)O/N=C(/N)CS(=O)(=O)c1ccc(Cl)cc1. The molecule has 1 aromatic rings. The molecule has 0 atom stereocenters. The number of carbonyl (C=O) groups is 1. The predicted molar refractivity (Wildman–Crippen MR) is 80.7 cm³/mol. The molecule has 0 aliphatic rings. The number of amidine groups is 1. The van der Waals surface area contributed by atoms with Crippen LogP contribution >= 0.6 is 11.6 Å². The van der Waals surface area contributed by atoms with Gasteiger partial charge in [0.05, 0.1) is 10.3 Å². The van der Waals surface area contributed by atoms with Gasteiger partial charge in [-0.3, -0.25) is 0 Å². The zero-order chi connectivity index (χ0) is 16.3. The van der Waals surface area contributed by atoms with E-state index in [0.29, 0.717) is 5.02 Å². The van der Waals surface area contributed by atoms with Gasteiger partial charge in [0.15, 0.2) is 15.7 Å². The third kappa shape index (κ3) is 5.35. The molecule has 8 heteroatoms. The molecular weight excluding hydrogens is 316 g/mol. The van der Waals surface area contributed by atoms with Gasteiger partial charge in [-0.2, -0.15) is 0 Å². The second-order valence-corrected chi connectivity index (χ2v) is 7.85. The van der Waals surface area contributed by atoms with Crippen LogP contribution in [-0.2, 0) is 19.5 Å². The summed E-state index contributed by atoms with van der Waals surface area (Å²) in [6.07, 6.45) is 0. The first-order valence-electron chi connectivity index (χ1n) is 6.04. The van der Waals surface area contributed by atoms with Crippen LogP contribution in [0.4, 0.5) is 0 Å². The molecule has 21 heavy (non-hydrogen) atoms. The molecule has 1 aromatic carbocycles. The second-order valence-electron chi connectivity index (χ2n) is 5.42. The summed E-state index contributed by atoms with van der Waals surface area (Å²) in [6.45, 7) is 4.93. The molecule has 0 aliphatic heterocycles. The molecule has 0 aliphatic carbocycles. The van der Waals surface area contributed by atoms with Gasteiger partial charge in [-0.15, -0.1) is 0 Å². The molecule has 0 bridgehead atoms. The third-order valence-corrected chi connectivity index (χ3v) is 4.29. The summed E-state index contributed by atoms with van der Waals surface area (Å²) in [7, 11) is -3.67. The van der Waals surface area contributed by atoms with Crippen LogP contribution in [0, 0.1) is 5.41 Å². The Labute approximate surface area is 128 Å². The summed E-state index contributed by atoms with van der Waals surface area (Å²) >= 11 is 5.69. The molecule has 2 N–H and O–H groups in total. The Kier molecular flexibility index (Phi) is 5.36. The van der Waals surface area contributed by atoms with E-state index in [4.69, 9.17) is 17.3 Å². The van der Waals surface area contributed by atoms with Crippen LogP contribution in [0.1, 0.15) is 20.8 Å². The minimum absolute atomic E-state index is 0.0622. The van der Waals surface area contributed by atoms with Gasteiger partial charge in [-0.1, -0.05) is 16.8 Å². The van der Waals surface area contributed by atoms with Gasteiger partial charge in [0.2, 0.25) is 0 Å². The number of oxime groups is 1. The lowest BCUT2D eigenvalue weighted by atomic mass is 9.98. The summed E-state index contributed by atoms with van der Waals surface area (Å²) < 4.78 is 24.1. The molecule has 0 amide bonds. The van der Waals surface area contributed by atoms with E-state index in [-0.39, 0.29) is 10.7 Å². The van der Waals surface area contributed by atoms with Crippen LogP contribution in [0.5, 0.6) is 0 Å². The number of hydrogen-bond acceptors (Lipinski definition) is 5. The lowest BCUT2D eigenvalue weighted by molar-refractivity contribution is -0.152. The molecule has 0 aromatic heterocycles. The summed E-state index contributed by atoms with van der Waals surface area (Å²) in [4.78, 5) is 16.2. The Morgan fingerprint density at radius 1 is 1.29 bits per heavy atom. The van der Waals surface area contributed by atoms with E-state index in [9.17, 15) is 13.2 Å². The predicted octanol–water partition coefficient (Wildman–Crippen LogP) is 1.98. The summed E-state index contributed by atoms with van der Waals surface area (Å²) in [5.74, 6) is -1.46. The number of halogens is 1. The lowest BCUT2D eigenvalue weighted by Crippen LogP contribution is -2.27. The Morgan fingerprint density at radius 3 is 2.29 bits per heavy atom. The van der Waals surface area contributed by atoms with E-state index < -0.39 is 27.0 Å². The van der Waals surface area contributed by atoms with Crippen molar-refractivity contribution in [2.75, 3.05) is 5.75 Å². The maximum Gasteiger partial charge on any atom is 0.340 e. The molecule has 116 valence electrons. The van der Waals surface area contributed by atoms with Crippen LogP contribution in [0.15, 0.2) is 34.3 Å². The molecule has 0 saturated heterocycles. The summed E-state index contributed by atoms with van der Waals surface area (Å²) in [5.41, 5.74) is 4.74. The first-order valence-corrected chi connectivity index (χ1v) is 8.07. The Balaban J connectivity index is 2.80. The topological polar surface area (TPSA) is 98.8 Å². The van der Waals surface area contributed by atoms with E-state index >= 15 is 0 Å². The highest BCUT2D eigenvalue weighted by Crippen LogP contribution is 2.16. The van der Waals surface area contributed by atoms with Gasteiger partial charge < -0.3 is 10.6 Å². The van der Waals surface area contributed by atoms with E-state index in [1.54, 1.807) is 20.8 Å². The fourth-order valence-corrected chi connectivity index (χ4v) is 2.47. The maximum absolute atomic E-state index is 12.1. The molecule has 0 unspecified atom stereocenters. The van der Waals surface area contributed by atoms with Gasteiger partial charge in [-0.25, -0.2) is 13.2 Å². The van der Waals surface area contributed by atoms with Crippen LogP contribution in [0.3, 0.4) is 0 Å². The molecule has 0 heterocycles. The van der Waals surface area contributed by atoms with Crippen molar-refractivity contribution in [3.8, 4) is 0 Å². The lowest BCUT2D eigenvalue weighted by Gasteiger charge is -2.13. The van der Waals surface area contributed by atoms with Crippen molar-refractivity contribution >= 4 is 33.2 Å². The average molecular weight is 333 g/mol. The number of carbonyl (C=O) groups excluding carboxylic acids is 1. The number of nitrogens with zero attached hydrogens (tertiary/aromatic N) is 1. The summed E-state index contributed by atoms with van der Waals surface area (Å²) in [6, 6.07) is 5.65. The Morgan fingerprint density at radius 2 is 1.81 bits per heavy atom. The Hall–Kier alpha value is -1.60. The van der Waals surface area contributed by atoms with Gasteiger partial charge in [0.1, 0.15) is 5.75 Å². The van der Waals surface area contributed by atoms with Gasteiger partial charge >= 0.3 is 5.97 Å². The van der Waals surface area contributed by atoms with Crippen LogP contribution < -0.4 is 5.73 Å². The molecule has 1 rings (SSSR count). The van der Waals surface area contributed by atoms with Gasteiger partial charge in [0, 0.05) is 5.02 Å². The first kappa shape index (κ1) is 17.5. The van der Waals surface area contributed by atoms with E-state index in [1.165, 1.54) is 24.3 Å². The second kappa shape index (κ2) is 6.44. The van der Waals surface area contributed by atoms with E-state index in [1.807, 2.05) is 0 Å². The first-order chi connectivity index (χ1) is 9.52. The Bertz CT molecular complexity index is 646. The normalized spacial score (nSPS) is 13.0. The minimum Gasteiger partial charge on any atom is -0.384 e. The maximum atomic E-state index is 12.1. The van der Waals surface area contributed by atoms with E-state index in [2.05, 4.69) is 9.99 Å². The van der Waals surface area contributed by atoms with Crippen molar-refractivity contribution in [2.24, 2.45) is 16.3 Å². The minimum atomic E-state index is -3.67. The molecule has 0 spiro atoms. The highest BCUT2D eigenvalue weighted by molar-refractivity contribution is 7.92. The summed E-state index contributed by atoms with van der Waals surface area (Å²) in [5, 5.41) is 3.78. The van der Waals surface area contributed by atoms with Crippen LogP contribution in [0.25, 0.3) is 0 Å². The molecular formula is C13H17ClN2O4S. The zero-order valence-electron chi connectivity index (χ0n) is 12.0. The fraction of sp³-hybridized carbons (Fsp3) is 0.385. The zero-order valence-corrected chi connectivity index (χ0v) is 13.5. The molecule has 0 radical (unpaired) electrons. The van der Waals surface area contributed by atoms with Crippen molar-refractivity contribution in [3.05, 3.63) is 29.3 Å². The van der Waals surface area contributed by atoms with Crippen molar-refractivity contribution in [1.82, 2.24) is 0 Å². The number of nitrogens with two attached hydrogens (primary N) is 1.